The van der Waals surface area contributed by atoms with E-state index in [1.807, 2.05) is 24.0 Å². The molecule has 2 aromatic heterocycles. The fourth-order valence-corrected chi connectivity index (χ4v) is 4.56. The maximum absolute atomic E-state index is 13.3. The molecule has 0 bridgehead atoms. The number of nitrogens with one attached hydrogen (secondary N) is 2. The van der Waals surface area contributed by atoms with Gasteiger partial charge < -0.3 is 15.5 Å². The van der Waals surface area contributed by atoms with Crippen LogP contribution in [0.2, 0.25) is 0 Å². The first kappa shape index (κ1) is 21.0. The minimum absolute atomic E-state index is 0.116. The summed E-state index contributed by atoms with van der Waals surface area (Å²) in [5, 5.41) is 6.49. The molecule has 1 aliphatic heterocycles. The van der Waals surface area contributed by atoms with Crippen molar-refractivity contribution in [2.75, 3.05) is 40.1 Å². The SMILES string of the molecule is C[C@H](Nc1cc(N2CCS(=O)(=O)CC2)cc(Nc2cnccn2)n1)c1ccc(F)cc1. The quantitative estimate of drug-likeness (QED) is 0.601. The molecule has 1 saturated heterocycles. The molecule has 1 aromatic carbocycles. The van der Waals surface area contributed by atoms with E-state index in [1.54, 1.807) is 30.7 Å². The lowest BCUT2D eigenvalue weighted by Crippen LogP contribution is -2.40. The zero-order valence-corrected chi connectivity index (χ0v) is 17.8. The van der Waals surface area contributed by atoms with Gasteiger partial charge in [-0.2, -0.15) is 0 Å². The highest BCUT2D eigenvalue weighted by Gasteiger charge is 2.23. The molecule has 3 heterocycles. The van der Waals surface area contributed by atoms with E-state index in [9.17, 15) is 12.8 Å². The number of hydrogen-bond donors (Lipinski definition) is 2. The van der Waals surface area contributed by atoms with Crippen LogP contribution in [0.3, 0.4) is 0 Å². The number of aromatic nitrogens is 3. The highest BCUT2D eigenvalue weighted by Crippen LogP contribution is 2.27. The van der Waals surface area contributed by atoms with Crippen LogP contribution in [-0.2, 0) is 9.84 Å². The van der Waals surface area contributed by atoms with Crippen molar-refractivity contribution in [3.8, 4) is 0 Å². The van der Waals surface area contributed by atoms with Gasteiger partial charge in [-0.15, -0.1) is 0 Å². The van der Waals surface area contributed by atoms with Crippen LogP contribution in [0, 0.1) is 5.82 Å². The molecule has 1 atom stereocenters. The summed E-state index contributed by atoms with van der Waals surface area (Å²) in [6.45, 7) is 2.80. The summed E-state index contributed by atoms with van der Waals surface area (Å²) in [5.74, 6) is 1.67. The molecule has 162 valence electrons. The summed E-state index contributed by atoms with van der Waals surface area (Å²) in [6.07, 6.45) is 4.76. The van der Waals surface area contributed by atoms with Crippen LogP contribution in [0.4, 0.5) is 27.5 Å². The average Bonchev–Trinajstić information content (AvgIpc) is 2.74. The van der Waals surface area contributed by atoms with E-state index in [4.69, 9.17) is 0 Å². The third-order valence-electron chi connectivity index (χ3n) is 5.07. The predicted octanol–water partition coefficient (Wildman–Crippen LogP) is 3.16. The Bertz CT molecular complexity index is 1130. The maximum atomic E-state index is 13.3. The number of sulfone groups is 1. The van der Waals surface area contributed by atoms with Crippen molar-refractivity contribution in [3.05, 3.63) is 66.4 Å². The smallest absolute Gasteiger partial charge is 0.153 e. The molecule has 10 heteroatoms. The monoisotopic (exact) mass is 442 g/mol. The molecule has 0 aliphatic carbocycles. The predicted molar refractivity (Wildman–Crippen MR) is 119 cm³/mol. The van der Waals surface area contributed by atoms with Gasteiger partial charge in [0, 0.05) is 49.3 Å². The van der Waals surface area contributed by atoms with Gasteiger partial charge in [-0.05, 0) is 24.6 Å². The van der Waals surface area contributed by atoms with Crippen molar-refractivity contribution in [2.45, 2.75) is 13.0 Å². The second kappa shape index (κ2) is 8.84. The highest BCUT2D eigenvalue weighted by molar-refractivity contribution is 7.91. The molecule has 0 amide bonds. The Hall–Kier alpha value is -3.27. The lowest BCUT2D eigenvalue weighted by Gasteiger charge is -2.29. The van der Waals surface area contributed by atoms with Gasteiger partial charge in [0.15, 0.2) is 9.84 Å². The second-order valence-electron chi connectivity index (χ2n) is 7.37. The van der Waals surface area contributed by atoms with Crippen molar-refractivity contribution in [1.82, 2.24) is 15.0 Å². The summed E-state index contributed by atoms with van der Waals surface area (Å²) in [7, 11) is -2.99. The highest BCUT2D eigenvalue weighted by atomic mass is 32.2. The maximum Gasteiger partial charge on any atom is 0.153 e. The largest absolute Gasteiger partial charge is 0.369 e. The first-order valence-electron chi connectivity index (χ1n) is 9.90. The molecular formula is C21H23FN6O2S. The van der Waals surface area contributed by atoms with E-state index < -0.39 is 9.84 Å². The van der Waals surface area contributed by atoms with E-state index in [1.165, 1.54) is 12.1 Å². The molecule has 8 nitrogen and oxygen atoms in total. The minimum atomic E-state index is -2.99. The number of nitrogens with zero attached hydrogens (tertiary/aromatic N) is 4. The summed E-state index contributed by atoms with van der Waals surface area (Å²) in [5.41, 5.74) is 1.77. The van der Waals surface area contributed by atoms with Crippen molar-refractivity contribution >= 4 is 33.0 Å². The zero-order valence-electron chi connectivity index (χ0n) is 17.0. The van der Waals surface area contributed by atoms with Crippen LogP contribution in [0.15, 0.2) is 55.0 Å². The van der Waals surface area contributed by atoms with Gasteiger partial charge in [-0.1, -0.05) is 12.1 Å². The number of pyridine rings is 1. The molecule has 0 radical (unpaired) electrons. The lowest BCUT2D eigenvalue weighted by molar-refractivity contribution is 0.587. The van der Waals surface area contributed by atoms with Crippen LogP contribution in [0.25, 0.3) is 0 Å². The topological polar surface area (TPSA) is 100 Å². The van der Waals surface area contributed by atoms with E-state index in [-0.39, 0.29) is 23.4 Å². The van der Waals surface area contributed by atoms with Gasteiger partial charge in [-0.3, -0.25) is 4.98 Å². The molecule has 3 aromatic rings. The van der Waals surface area contributed by atoms with Crippen LogP contribution in [-0.4, -0.2) is 48.0 Å². The Balaban J connectivity index is 1.61. The number of rotatable bonds is 6. The summed E-state index contributed by atoms with van der Waals surface area (Å²) in [4.78, 5) is 14.9. The third kappa shape index (κ3) is 5.46. The Morgan fingerprint density at radius 3 is 2.42 bits per heavy atom. The molecule has 2 N–H and O–H groups in total. The van der Waals surface area contributed by atoms with Crippen LogP contribution in [0.5, 0.6) is 0 Å². The van der Waals surface area contributed by atoms with Gasteiger partial charge in [0.25, 0.3) is 0 Å². The van der Waals surface area contributed by atoms with Crippen molar-refractivity contribution in [2.24, 2.45) is 0 Å². The molecule has 0 saturated carbocycles. The third-order valence-corrected chi connectivity index (χ3v) is 6.68. The Morgan fingerprint density at radius 1 is 1.03 bits per heavy atom. The van der Waals surface area contributed by atoms with E-state index >= 15 is 0 Å². The zero-order chi connectivity index (χ0) is 21.8. The Kier molecular flexibility index (Phi) is 5.99. The number of anilines is 4. The minimum Gasteiger partial charge on any atom is -0.369 e. The number of hydrogen-bond acceptors (Lipinski definition) is 8. The standard InChI is InChI=1S/C21H23FN6O2S/c1-15(16-2-4-17(22)5-3-16)25-19-12-18(28-8-10-31(29,30)11-9-28)13-20(26-19)27-21-14-23-6-7-24-21/h2-7,12-15H,8-11H2,1H3,(H2,24,25,26,27)/t15-/m0/s1. The summed E-state index contributed by atoms with van der Waals surface area (Å²) >= 11 is 0. The Morgan fingerprint density at radius 2 is 1.74 bits per heavy atom. The lowest BCUT2D eigenvalue weighted by atomic mass is 10.1. The van der Waals surface area contributed by atoms with Crippen LogP contribution in [0.1, 0.15) is 18.5 Å². The van der Waals surface area contributed by atoms with Crippen molar-refractivity contribution in [1.29, 1.82) is 0 Å². The summed E-state index contributed by atoms with van der Waals surface area (Å²) < 4.78 is 36.9. The normalized spacial score (nSPS) is 16.5. The van der Waals surface area contributed by atoms with Crippen molar-refractivity contribution in [3.63, 3.8) is 0 Å². The molecular weight excluding hydrogens is 419 g/mol. The van der Waals surface area contributed by atoms with Crippen LogP contribution >= 0.6 is 0 Å². The van der Waals surface area contributed by atoms with Gasteiger partial charge in [0.2, 0.25) is 0 Å². The molecule has 1 aliphatic rings. The van der Waals surface area contributed by atoms with E-state index in [0.29, 0.717) is 30.5 Å². The van der Waals surface area contributed by atoms with Gasteiger partial charge in [0.05, 0.1) is 17.7 Å². The number of benzene rings is 1. The van der Waals surface area contributed by atoms with E-state index in [2.05, 4.69) is 25.6 Å². The van der Waals surface area contributed by atoms with Gasteiger partial charge in [0.1, 0.15) is 23.3 Å². The van der Waals surface area contributed by atoms with Gasteiger partial charge in [-0.25, -0.2) is 22.8 Å². The van der Waals surface area contributed by atoms with E-state index in [0.717, 1.165) is 11.3 Å². The summed E-state index contributed by atoms with van der Waals surface area (Å²) in [6, 6.07) is 9.93. The second-order valence-corrected chi connectivity index (χ2v) is 9.67. The molecule has 31 heavy (non-hydrogen) atoms. The molecule has 4 rings (SSSR count). The molecule has 0 spiro atoms. The average molecular weight is 443 g/mol. The van der Waals surface area contributed by atoms with Crippen LogP contribution < -0.4 is 15.5 Å². The first-order valence-corrected chi connectivity index (χ1v) is 11.7. The molecule has 1 fully saturated rings. The fraction of sp³-hybridized carbons (Fsp3) is 0.286. The molecule has 0 unspecified atom stereocenters. The number of halogens is 1. The fourth-order valence-electron chi connectivity index (χ4n) is 3.36. The van der Waals surface area contributed by atoms with Crippen molar-refractivity contribution < 1.29 is 12.8 Å². The van der Waals surface area contributed by atoms with Gasteiger partial charge >= 0.3 is 0 Å². The Labute approximate surface area is 180 Å². The first-order chi connectivity index (χ1) is 14.9.